The van der Waals surface area contributed by atoms with Gasteiger partial charge in [0.05, 0.1) is 23.3 Å². The van der Waals surface area contributed by atoms with Gasteiger partial charge in [0, 0.05) is 10.8 Å². The van der Waals surface area contributed by atoms with Crippen molar-refractivity contribution in [1.82, 2.24) is 9.97 Å². The van der Waals surface area contributed by atoms with Gasteiger partial charge in [-0.05, 0) is 32.3 Å². The molecule has 2 heteroatoms. The molecule has 0 saturated carbocycles. The third-order valence-electron chi connectivity index (χ3n) is 4.27. The lowest BCUT2D eigenvalue weighted by atomic mass is 9.67. The van der Waals surface area contributed by atoms with E-state index in [0.29, 0.717) is 0 Å². The average molecular weight is 244 g/mol. The van der Waals surface area contributed by atoms with Gasteiger partial charge in [-0.15, -0.1) is 0 Å². The van der Waals surface area contributed by atoms with Crippen LogP contribution >= 0.6 is 0 Å². The van der Waals surface area contributed by atoms with Gasteiger partial charge >= 0.3 is 0 Å². The van der Waals surface area contributed by atoms with Gasteiger partial charge in [0.25, 0.3) is 0 Å². The highest BCUT2D eigenvalue weighted by molar-refractivity contribution is 5.59. The summed E-state index contributed by atoms with van der Waals surface area (Å²) in [5, 5.41) is 0. The van der Waals surface area contributed by atoms with Crippen molar-refractivity contribution in [3.05, 3.63) is 29.4 Å². The molecule has 18 heavy (non-hydrogen) atoms. The Morgan fingerprint density at radius 2 is 1.67 bits per heavy atom. The van der Waals surface area contributed by atoms with Gasteiger partial charge in [-0.2, -0.15) is 0 Å². The highest BCUT2D eigenvalue weighted by Gasteiger charge is 2.39. The van der Waals surface area contributed by atoms with Crippen LogP contribution in [0.1, 0.15) is 71.5 Å². The Morgan fingerprint density at radius 1 is 1.11 bits per heavy atom. The van der Waals surface area contributed by atoms with Gasteiger partial charge in [-0.25, -0.2) is 4.98 Å². The second kappa shape index (κ2) is 4.18. The summed E-state index contributed by atoms with van der Waals surface area (Å²) in [5.74, 6) is 0. The summed E-state index contributed by atoms with van der Waals surface area (Å²) in [6.45, 7) is 13.3. The van der Waals surface area contributed by atoms with E-state index in [9.17, 15) is 0 Å². The lowest BCUT2D eigenvalue weighted by molar-refractivity contribution is 0.314. The van der Waals surface area contributed by atoms with Gasteiger partial charge in [-0.1, -0.05) is 33.8 Å². The van der Waals surface area contributed by atoms with Gasteiger partial charge in [0.15, 0.2) is 0 Å². The Bertz CT molecular complexity index is 496. The number of hydrogen-bond donors (Lipinski definition) is 0. The quantitative estimate of drug-likeness (QED) is 0.738. The Hall–Kier alpha value is -1.18. The topological polar surface area (TPSA) is 25.8 Å². The zero-order chi connectivity index (χ0) is 13.6. The largest absolute Gasteiger partial charge is 0.257 e. The normalized spacial score (nSPS) is 21.6. The molecule has 1 aromatic rings. The molecule has 0 aliphatic heterocycles. The van der Waals surface area contributed by atoms with Crippen molar-refractivity contribution in [2.24, 2.45) is 0 Å². The predicted molar refractivity (Wildman–Crippen MR) is 76.6 cm³/mol. The minimum atomic E-state index is 0.141. The molecule has 2 rings (SSSR count). The third kappa shape index (κ3) is 2.09. The van der Waals surface area contributed by atoms with Crippen LogP contribution < -0.4 is 0 Å². The molecule has 0 fully saturated rings. The van der Waals surface area contributed by atoms with Crippen LogP contribution in [0.5, 0.6) is 0 Å². The summed E-state index contributed by atoms with van der Waals surface area (Å²) in [4.78, 5) is 9.63. The van der Waals surface area contributed by atoms with Crippen molar-refractivity contribution in [3.8, 4) is 0 Å². The SMILES string of the molecule is C/C=C(/C)c1cnc2c(n1)C(C)(C)CCC2(C)C. The Labute approximate surface area is 111 Å². The summed E-state index contributed by atoms with van der Waals surface area (Å²) in [5.41, 5.74) is 4.89. The molecule has 1 aromatic heterocycles. The molecule has 1 heterocycles. The highest BCUT2D eigenvalue weighted by Crippen LogP contribution is 2.43. The van der Waals surface area contributed by atoms with Crippen LogP contribution in [0.15, 0.2) is 12.3 Å². The van der Waals surface area contributed by atoms with E-state index in [1.807, 2.05) is 13.1 Å². The Kier molecular flexibility index (Phi) is 3.08. The molecule has 0 amide bonds. The Morgan fingerprint density at radius 3 is 2.22 bits per heavy atom. The first-order valence-corrected chi connectivity index (χ1v) is 6.79. The molecule has 0 saturated heterocycles. The number of nitrogens with zero attached hydrogens (tertiary/aromatic N) is 2. The summed E-state index contributed by atoms with van der Waals surface area (Å²) in [6.07, 6.45) is 6.39. The molecular formula is C16H24N2. The van der Waals surface area contributed by atoms with E-state index in [1.54, 1.807) is 0 Å². The number of aromatic nitrogens is 2. The molecule has 0 atom stereocenters. The zero-order valence-corrected chi connectivity index (χ0v) is 12.5. The van der Waals surface area contributed by atoms with Gasteiger partial charge < -0.3 is 0 Å². The van der Waals surface area contributed by atoms with Crippen LogP contribution in [0.2, 0.25) is 0 Å². The molecule has 0 unspecified atom stereocenters. The fourth-order valence-electron chi connectivity index (χ4n) is 2.56. The first kappa shape index (κ1) is 13.3. The molecule has 98 valence electrons. The van der Waals surface area contributed by atoms with Crippen molar-refractivity contribution in [2.45, 2.75) is 65.2 Å². The maximum atomic E-state index is 4.90. The fraction of sp³-hybridized carbons (Fsp3) is 0.625. The van der Waals surface area contributed by atoms with Gasteiger partial charge in [0.1, 0.15) is 0 Å². The van der Waals surface area contributed by atoms with Crippen LogP contribution in [0, 0.1) is 0 Å². The molecule has 0 N–H and O–H groups in total. The Balaban J connectivity index is 2.62. The highest BCUT2D eigenvalue weighted by atomic mass is 14.9. The lowest BCUT2D eigenvalue weighted by Crippen LogP contribution is -2.36. The van der Waals surface area contributed by atoms with Crippen molar-refractivity contribution in [2.75, 3.05) is 0 Å². The second-order valence-corrected chi connectivity index (χ2v) is 6.69. The van der Waals surface area contributed by atoms with E-state index < -0.39 is 0 Å². The summed E-state index contributed by atoms with van der Waals surface area (Å²) < 4.78 is 0. The number of rotatable bonds is 1. The van der Waals surface area contributed by atoms with Crippen LogP contribution in [-0.2, 0) is 10.8 Å². The molecular weight excluding hydrogens is 220 g/mol. The summed E-state index contributed by atoms with van der Waals surface area (Å²) in [7, 11) is 0. The second-order valence-electron chi connectivity index (χ2n) is 6.69. The average Bonchev–Trinajstić information content (AvgIpc) is 2.34. The molecule has 0 bridgehead atoms. The first-order valence-electron chi connectivity index (χ1n) is 6.79. The van der Waals surface area contributed by atoms with E-state index in [4.69, 9.17) is 9.97 Å². The molecule has 0 aromatic carbocycles. The van der Waals surface area contributed by atoms with E-state index >= 15 is 0 Å². The van der Waals surface area contributed by atoms with Crippen LogP contribution in [-0.4, -0.2) is 9.97 Å². The molecule has 0 radical (unpaired) electrons. The summed E-state index contributed by atoms with van der Waals surface area (Å²) >= 11 is 0. The summed E-state index contributed by atoms with van der Waals surface area (Å²) in [6, 6.07) is 0. The molecule has 1 aliphatic carbocycles. The van der Waals surface area contributed by atoms with Crippen LogP contribution in [0.3, 0.4) is 0 Å². The van der Waals surface area contributed by atoms with E-state index in [2.05, 4.69) is 40.7 Å². The van der Waals surface area contributed by atoms with Crippen molar-refractivity contribution in [1.29, 1.82) is 0 Å². The van der Waals surface area contributed by atoms with Crippen molar-refractivity contribution in [3.63, 3.8) is 0 Å². The van der Waals surface area contributed by atoms with E-state index in [0.717, 1.165) is 5.69 Å². The maximum Gasteiger partial charge on any atom is 0.0842 e. The number of fused-ring (bicyclic) bond motifs is 1. The maximum absolute atomic E-state index is 4.90. The smallest absolute Gasteiger partial charge is 0.0842 e. The molecule has 0 spiro atoms. The van der Waals surface area contributed by atoms with Crippen molar-refractivity contribution < 1.29 is 0 Å². The fourth-order valence-corrected chi connectivity index (χ4v) is 2.56. The first-order chi connectivity index (χ1) is 8.28. The monoisotopic (exact) mass is 244 g/mol. The van der Waals surface area contributed by atoms with Crippen LogP contribution in [0.4, 0.5) is 0 Å². The standard InChI is InChI=1S/C16H24N2/c1-7-11(2)12-10-17-13-14(18-12)16(5,6)9-8-15(13,3)4/h7,10H,8-9H2,1-6H3/b11-7-. The van der Waals surface area contributed by atoms with Crippen molar-refractivity contribution >= 4 is 5.57 Å². The number of hydrogen-bond acceptors (Lipinski definition) is 2. The molecule has 1 aliphatic rings. The van der Waals surface area contributed by atoms with Gasteiger partial charge in [0.2, 0.25) is 0 Å². The predicted octanol–water partition coefficient (Wildman–Crippen LogP) is 4.25. The zero-order valence-electron chi connectivity index (χ0n) is 12.5. The molecule has 2 nitrogen and oxygen atoms in total. The van der Waals surface area contributed by atoms with Crippen LogP contribution in [0.25, 0.3) is 5.57 Å². The minimum absolute atomic E-state index is 0.141. The lowest BCUT2D eigenvalue weighted by Gasteiger charge is -2.39. The van der Waals surface area contributed by atoms with E-state index in [-0.39, 0.29) is 10.8 Å². The minimum Gasteiger partial charge on any atom is -0.257 e. The third-order valence-corrected chi connectivity index (χ3v) is 4.27. The number of allylic oxidation sites excluding steroid dienone is 2. The van der Waals surface area contributed by atoms with Gasteiger partial charge in [-0.3, -0.25) is 4.98 Å². The van der Waals surface area contributed by atoms with E-state index in [1.165, 1.54) is 29.8 Å².